The van der Waals surface area contributed by atoms with Gasteiger partial charge in [-0.2, -0.15) is 11.8 Å². The van der Waals surface area contributed by atoms with E-state index in [0.717, 1.165) is 24.2 Å². The standard InChI is InChI=1S/C15H22N2O3S/c1-21-10-6-5-9-16-15(20)17-13(11-14(18)19)12-7-3-2-4-8-12/h2-4,7-8,13H,5-6,9-11H2,1H3,(H,18,19)(H2,16,17,20). The highest BCUT2D eigenvalue weighted by Gasteiger charge is 2.17. The maximum atomic E-state index is 11.8. The number of carbonyl (C=O) groups is 2. The highest BCUT2D eigenvalue weighted by Crippen LogP contribution is 2.16. The molecule has 0 aliphatic rings. The van der Waals surface area contributed by atoms with E-state index in [4.69, 9.17) is 5.11 Å². The first-order chi connectivity index (χ1) is 10.1. The molecule has 0 bridgehead atoms. The molecule has 1 atom stereocenters. The summed E-state index contributed by atoms with van der Waals surface area (Å²) in [6.45, 7) is 0.598. The summed E-state index contributed by atoms with van der Waals surface area (Å²) in [7, 11) is 0. The molecule has 3 N–H and O–H groups in total. The quantitative estimate of drug-likeness (QED) is 0.613. The number of urea groups is 1. The molecule has 1 aromatic carbocycles. The van der Waals surface area contributed by atoms with E-state index in [2.05, 4.69) is 16.9 Å². The monoisotopic (exact) mass is 310 g/mol. The molecule has 116 valence electrons. The Morgan fingerprint density at radius 1 is 1.24 bits per heavy atom. The number of nitrogens with one attached hydrogen (secondary N) is 2. The van der Waals surface area contributed by atoms with Crippen LogP contribution in [0.1, 0.15) is 30.9 Å². The Balaban J connectivity index is 2.45. The number of amides is 2. The number of carboxylic acid groups (broad SMARTS) is 1. The molecule has 0 aliphatic heterocycles. The number of unbranched alkanes of at least 4 members (excludes halogenated alkanes) is 1. The molecular formula is C15H22N2O3S. The number of hydrogen-bond acceptors (Lipinski definition) is 3. The molecule has 21 heavy (non-hydrogen) atoms. The molecule has 0 radical (unpaired) electrons. The predicted octanol–water partition coefficient (Wildman–Crippen LogP) is 2.64. The molecule has 0 aliphatic carbocycles. The lowest BCUT2D eigenvalue weighted by Crippen LogP contribution is -2.39. The summed E-state index contributed by atoms with van der Waals surface area (Å²) < 4.78 is 0. The Hall–Kier alpha value is -1.69. The van der Waals surface area contributed by atoms with Crippen molar-refractivity contribution in [2.24, 2.45) is 0 Å². The van der Waals surface area contributed by atoms with Crippen molar-refractivity contribution in [2.45, 2.75) is 25.3 Å². The van der Waals surface area contributed by atoms with Crippen molar-refractivity contribution < 1.29 is 14.7 Å². The first-order valence-corrected chi connectivity index (χ1v) is 8.33. The fourth-order valence-electron chi connectivity index (χ4n) is 1.89. The van der Waals surface area contributed by atoms with Crippen LogP contribution in [0.2, 0.25) is 0 Å². The van der Waals surface area contributed by atoms with Gasteiger partial charge in [0.25, 0.3) is 0 Å². The van der Waals surface area contributed by atoms with E-state index in [-0.39, 0.29) is 12.5 Å². The van der Waals surface area contributed by atoms with Gasteiger partial charge in [0.2, 0.25) is 0 Å². The first-order valence-electron chi connectivity index (χ1n) is 6.93. The van der Waals surface area contributed by atoms with Crippen molar-refractivity contribution in [1.29, 1.82) is 0 Å². The molecule has 1 rings (SSSR count). The molecule has 6 heteroatoms. The summed E-state index contributed by atoms with van der Waals surface area (Å²) in [5.41, 5.74) is 0.789. The van der Waals surface area contributed by atoms with Crippen LogP contribution in [-0.2, 0) is 4.79 Å². The lowest BCUT2D eigenvalue weighted by atomic mass is 10.0. The van der Waals surface area contributed by atoms with Crippen LogP contribution in [0.3, 0.4) is 0 Å². The van der Waals surface area contributed by atoms with E-state index < -0.39 is 12.0 Å². The second-order valence-corrected chi connectivity index (χ2v) is 5.65. The largest absolute Gasteiger partial charge is 0.481 e. The van der Waals surface area contributed by atoms with Crippen molar-refractivity contribution in [3.8, 4) is 0 Å². The maximum Gasteiger partial charge on any atom is 0.315 e. The van der Waals surface area contributed by atoms with Gasteiger partial charge >= 0.3 is 12.0 Å². The van der Waals surface area contributed by atoms with Crippen LogP contribution < -0.4 is 10.6 Å². The van der Waals surface area contributed by atoms with Gasteiger partial charge in [-0.1, -0.05) is 30.3 Å². The Bertz CT molecular complexity index is 440. The molecule has 0 saturated carbocycles. The fraction of sp³-hybridized carbons (Fsp3) is 0.467. The van der Waals surface area contributed by atoms with E-state index in [1.807, 2.05) is 30.3 Å². The number of thioether (sulfide) groups is 1. The van der Waals surface area contributed by atoms with E-state index in [9.17, 15) is 9.59 Å². The second kappa shape index (κ2) is 10.1. The molecule has 1 aromatic rings. The number of rotatable bonds is 9. The summed E-state index contributed by atoms with van der Waals surface area (Å²) in [6.07, 6.45) is 3.89. The Kier molecular flexibility index (Phi) is 8.35. The highest BCUT2D eigenvalue weighted by molar-refractivity contribution is 7.98. The highest BCUT2D eigenvalue weighted by atomic mass is 32.2. The van der Waals surface area contributed by atoms with E-state index in [1.54, 1.807) is 11.8 Å². The molecular weight excluding hydrogens is 288 g/mol. The van der Waals surface area contributed by atoms with Gasteiger partial charge < -0.3 is 15.7 Å². The molecule has 2 amide bonds. The minimum absolute atomic E-state index is 0.135. The van der Waals surface area contributed by atoms with Crippen LogP contribution in [-0.4, -0.2) is 35.7 Å². The van der Waals surface area contributed by atoms with E-state index in [1.165, 1.54) is 0 Å². The zero-order valence-electron chi connectivity index (χ0n) is 12.2. The SMILES string of the molecule is CSCCCCNC(=O)NC(CC(=O)O)c1ccccc1. The molecule has 0 spiro atoms. The van der Waals surface area contributed by atoms with Gasteiger partial charge in [-0.05, 0) is 30.4 Å². The second-order valence-electron chi connectivity index (χ2n) is 4.66. The van der Waals surface area contributed by atoms with Crippen LogP contribution in [0.5, 0.6) is 0 Å². The van der Waals surface area contributed by atoms with Crippen LogP contribution in [0.4, 0.5) is 4.79 Å². The predicted molar refractivity (Wildman–Crippen MR) is 85.6 cm³/mol. The van der Waals surface area contributed by atoms with Gasteiger partial charge in [-0.15, -0.1) is 0 Å². The smallest absolute Gasteiger partial charge is 0.315 e. The maximum absolute atomic E-state index is 11.8. The fourth-order valence-corrected chi connectivity index (χ4v) is 2.39. The van der Waals surface area contributed by atoms with Crippen molar-refractivity contribution in [3.05, 3.63) is 35.9 Å². The number of carbonyl (C=O) groups excluding carboxylic acids is 1. The molecule has 0 aromatic heterocycles. The average molecular weight is 310 g/mol. The van der Waals surface area contributed by atoms with Gasteiger partial charge in [0.05, 0.1) is 12.5 Å². The molecule has 1 unspecified atom stereocenters. The number of carboxylic acids is 1. The van der Waals surface area contributed by atoms with Gasteiger partial charge in [-0.3, -0.25) is 4.79 Å². The zero-order chi connectivity index (χ0) is 15.5. The minimum atomic E-state index is -0.941. The van der Waals surface area contributed by atoms with Crippen molar-refractivity contribution in [3.63, 3.8) is 0 Å². The third kappa shape index (κ3) is 7.60. The van der Waals surface area contributed by atoms with Gasteiger partial charge in [-0.25, -0.2) is 4.79 Å². The van der Waals surface area contributed by atoms with Gasteiger partial charge in [0.15, 0.2) is 0 Å². The summed E-state index contributed by atoms with van der Waals surface area (Å²) in [4.78, 5) is 22.7. The Morgan fingerprint density at radius 2 is 1.95 bits per heavy atom. The topological polar surface area (TPSA) is 78.4 Å². The third-order valence-corrected chi connectivity index (χ3v) is 3.64. The minimum Gasteiger partial charge on any atom is -0.481 e. The molecule has 0 heterocycles. The van der Waals surface area contributed by atoms with E-state index in [0.29, 0.717) is 6.54 Å². The zero-order valence-corrected chi connectivity index (χ0v) is 13.0. The van der Waals surface area contributed by atoms with E-state index >= 15 is 0 Å². The number of benzene rings is 1. The lowest BCUT2D eigenvalue weighted by molar-refractivity contribution is -0.137. The Labute approximate surface area is 129 Å². The lowest BCUT2D eigenvalue weighted by Gasteiger charge is -2.17. The van der Waals surface area contributed by atoms with Crippen molar-refractivity contribution in [1.82, 2.24) is 10.6 Å². The molecule has 5 nitrogen and oxygen atoms in total. The summed E-state index contributed by atoms with van der Waals surface area (Å²) in [6, 6.07) is 8.29. The Morgan fingerprint density at radius 3 is 2.57 bits per heavy atom. The summed E-state index contributed by atoms with van der Waals surface area (Å²) in [5.74, 6) is 0.138. The summed E-state index contributed by atoms with van der Waals surface area (Å²) >= 11 is 1.78. The number of hydrogen-bond donors (Lipinski definition) is 3. The van der Waals surface area contributed by atoms with Crippen LogP contribution in [0.15, 0.2) is 30.3 Å². The summed E-state index contributed by atoms with van der Waals surface area (Å²) in [5, 5.41) is 14.4. The van der Waals surface area contributed by atoms with Gasteiger partial charge in [0.1, 0.15) is 0 Å². The van der Waals surface area contributed by atoms with Gasteiger partial charge in [0, 0.05) is 6.54 Å². The van der Waals surface area contributed by atoms with Crippen molar-refractivity contribution >= 4 is 23.8 Å². The average Bonchev–Trinajstić information content (AvgIpc) is 2.47. The number of aliphatic carboxylic acids is 1. The molecule has 0 fully saturated rings. The van der Waals surface area contributed by atoms with Crippen LogP contribution in [0, 0.1) is 0 Å². The van der Waals surface area contributed by atoms with Crippen LogP contribution >= 0.6 is 11.8 Å². The van der Waals surface area contributed by atoms with Crippen LogP contribution in [0.25, 0.3) is 0 Å². The third-order valence-electron chi connectivity index (χ3n) is 2.95. The normalized spacial score (nSPS) is 11.7. The van der Waals surface area contributed by atoms with Crippen molar-refractivity contribution in [2.75, 3.05) is 18.6 Å². The molecule has 0 saturated heterocycles. The first kappa shape index (κ1) is 17.4.